The molecule has 6 nitrogen and oxygen atoms in total. The summed E-state index contributed by atoms with van der Waals surface area (Å²) in [6.07, 6.45) is 2.51. The van der Waals surface area contributed by atoms with Gasteiger partial charge in [-0.2, -0.15) is 0 Å². The zero-order valence-corrected chi connectivity index (χ0v) is 19.9. The van der Waals surface area contributed by atoms with Crippen LogP contribution in [0.5, 0.6) is 11.5 Å². The van der Waals surface area contributed by atoms with Crippen molar-refractivity contribution in [1.29, 1.82) is 0 Å². The van der Waals surface area contributed by atoms with Gasteiger partial charge in [0, 0.05) is 11.3 Å². The van der Waals surface area contributed by atoms with E-state index < -0.39 is 0 Å². The number of aryl methyl sites for hydroxylation is 1. The first-order valence-corrected chi connectivity index (χ1v) is 12.0. The van der Waals surface area contributed by atoms with Crippen LogP contribution >= 0.6 is 0 Å². The summed E-state index contributed by atoms with van der Waals surface area (Å²) in [5, 5.41) is 2.87. The summed E-state index contributed by atoms with van der Waals surface area (Å²) in [5.41, 5.74) is 2.77. The summed E-state index contributed by atoms with van der Waals surface area (Å²) in [7, 11) is 0. The second kappa shape index (κ2) is 9.37. The molecule has 3 unspecified atom stereocenters. The molecule has 3 atom stereocenters. The van der Waals surface area contributed by atoms with E-state index in [2.05, 4.69) is 12.2 Å². The summed E-state index contributed by atoms with van der Waals surface area (Å²) in [6, 6.07) is 21.6. The van der Waals surface area contributed by atoms with E-state index in [1.54, 1.807) is 48.5 Å². The normalized spacial score (nSPS) is 21.5. The summed E-state index contributed by atoms with van der Waals surface area (Å²) < 4.78 is 5.83. The van der Waals surface area contributed by atoms with Gasteiger partial charge in [-0.05, 0) is 92.8 Å². The summed E-state index contributed by atoms with van der Waals surface area (Å²) in [4.78, 5) is 39.9. The van der Waals surface area contributed by atoms with Gasteiger partial charge in [0.1, 0.15) is 11.5 Å². The van der Waals surface area contributed by atoms with E-state index in [0.29, 0.717) is 28.6 Å². The van der Waals surface area contributed by atoms with Crippen LogP contribution in [0, 0.1) is 24.7 Å². The predicted molar refractivity (Wildman–Crippen MR) is 135 cm³/mol. The van der Waals surface area contributed by atoms with E-state index in [9.17, 15) is 14.4 Å². The second-order valence-electron chi connectivity index (χ2n) is 9.58. The Morgan fingerprint density at radius 2 is 1.43 bits per heavy atom. The highest BCUT2D eigenvalue weighted by Crippen LogP contribution is 2.42. The number of fused-ring (bicyclic) bond motifs is 1. The quantitative estimate of drug-likeness (QED) is 0.469. The van der Waals surface area contributed by atoms with Gasteiger partial charge in [-0.25, -0.2) is 0 Å². The molecule has 0 radical (unpaired) electrons. The fourth-order valence-corrected chi connectivity index (χ4v) is 4.96. The van der Waals surface area contributed by atoms with Crippen molar-refractivity contribution in [1.82, 2.24) is 0 Å². The number of anilines is 2. The Morgan fingerprint density at radius 3 is 2.09 bits per heavy atom. The van der Waals surface area contributed by atoms with Crippen LogP contribution < -0.4 is 15.0 Å². The molecule has 3 aromatic carbocycles. The topological polar surface area (TPSA) is 75.7 Å². The zero-order valence-electron chi connectivity index (χ0n) is 19.9. The number of hydrogen-bond donors (Lipinski definition) is 1. The summed E-state index contributed by atoms with van der Waals surface area (Å²) in [6.45, 7) is 4.15. The molecule has 178 valence electrons. The van der Waals surface area contributed by atoms with Crippen molar-refractivity contribution < 1.29 is 19.1 Å². The Kier molecular flexibility index (Phi) is 6.12. The number of carbonyl (C=O) groups excluding carboxylic acids is 3. The van der Waals surface area contributed by atoms with Crippen LogP contribution in [0.1, 0.15) is 42.1 Å². The minimum absolute atomic E-state index is 0.114. The molecule has 3 aromatic rings. The number of ether oxygens (including phenoxy) is 1. The number of hydrogen-bond acceptors (Lipinski definition) is 4. The van der Waals surface area contributed by atoms with Crippen LogP contribution in [0.3, 0.4) is 0 Å². The molecule has 1 saturated carbocycles. The molecule has 0 spiro atoms. The summed E-state index contributed by atoms with van der Waals surface area (Å²) in [5.74, 6) is 0.954. The molecule has 1 saturated heterocycles. The highest BCUT2D eigenvalue weighted by atomic mass is 16.5. The molecule has 1 N–H and O–H groups in total. The second-order valence-corrected chi connectivity index (χ2v) is 9.58. The molecule has 2 aliphatic rings. The van der Waals surface area contributed by atoms with Crippen LogP contribution in [-0.2, 0) is 9.59 Å². The Hall–Kier alpha value is -3.93. The molecular formula is C29H28N2O4. The fraction of sp³-hybridized carbons (Fsp3) is 0.276. The fourth-order valence-electron chi connectivity index (χ4n) is 4.96. The van der Waals surface area contributed by atoms with E-state index in [4.69, 9.17) is 4.74 Å². The molecule has 0 bridgehead atoms. The minimum Gasteiger partial charge on any atom is -0.457 e. The van der Waals surface area contributed by atoms with Crippen LogP contribution in [0.15, 0.2) is 72.8 Å². The number of nitrogens with zero attached hydrogens (tertiary/aromatic N) is 1. The molecular weight excluding hydrogens is 440 g/mol. The van der Waals surface area contributed by atoms with Crippen LogP contribution in [0.4, 0.5) is 11.4 Å². The Labute approximate surface area is 204 Å². The minimum atomic E-state index is -0.273. The number of imide groups is 1. The van der Waals surface area contributed by atoms with Crippen LogP contribution in [0.25, 0.3) is 0 Å². The van der Waals surface area contributed by atoms with E-state index >= 15 is 0 Å². The van der Waals surface area contributed by atoms with Crippen molar-refractivity contribution >= 4 is 29.1 Å². The highest BCUT2D eigenvalue weighted by molar-refractivity contribution is 6.22. The molecule has 1 aliphatic heterocycles. The number of amides is 3. The van der Waals surface area contributed by atoms with Gasteiger partial charge in [0.25, 0.3) is 5.91 Å². The third kappa shape index (κ3) is 4.69. The molecule has 5 rings (SSSR count). The number of carbonyl (C=O) groups is 3. The van der Waals surface area contributed by atoms with Gasteiger partial charge >= 0.3 is 0 Å². The third-order valence-corrected chi connectivity index (χ3v) is 6.94. The first kappa shape index (κ1) is 22.8. The molecule has 6 heteroatoms. The van der Waals surface area contributed by atoms with Crippen molar-refractivity contribution in [3.8, 4) is 11.5 Å². The van der Waals surface area contributed by atoms with Crippen molar-refractivity contribution in [2.24, 2.45) is 17.8 Å². The predicted octanol–water partition coefficient (Wildman–Crippen LogP) is 5.97. The third-order valence-electron chi connectivity index (χ3n) is 6.94. The first-order valence-electron chi connectivity index (χ1n) is 12.0. The maximum absolute atomic E-state index is 12.9. The van der Waals surface area contributed by atoms with E-state index in [1.165, 1.54) is 4.90 Å². The maximum atomic E-state index is 12.9. The lowest BCUT2D eigenvalue weighted by atomic mass is 9.76. The number of rotatable bonds is 5. The van der Waals surface area contributed by atoms with Crippen molar-refractivity contribution in [2.45, 2.75) is 33.1 Å². The van der Waals surface area contributed by atoms with E-state index in [1.807, 2.05) is 31.2 Å². The van der Waals surface area contributed by atoms with Gasteiger partial charge in [0.2, 0.25) is 11.8 Å². The first-order chi connectivity index (χ1) is 16.9. The van der Waals surface area contributed by atoms with Gasteiger partial charge in [-0.1, -0.05) is 24.6 Å². The smallest absolute Gasteiger partial charge is 0.255 e. The molecule has 3 amide bonds. The molecule has 2 fully saturated rings. The highest BCUT2D eigenvalue weighted by Gasteiger charge is 2.49. The Bertz CT molecular complexity index is 1250. The number of benzene rings is 3. The van der Waals surface area contributed by atoms with Gasteiger partial charge < -0.3 is 10.1 Å². The van der Waals surface area contributed by atoms with Gasteiger partial charge in [-0.15, -0.1) is 0 Å². The Balaban J connectivity index is 1.23. The van der Waals surface area contributed by atoms with Crippen molar-refractivity contribution in [2.75, 3.05) is 10.2 Å². The van der Waals surface area contributed by atoms with Gasteiger partial charge in [0.05, 0.1) is 17.5 Å². The van der Waals surface area contributed by atoms with Crippen LogP contribution in [-0.4, -0.2) is 17.7 Å². The van der Waals surface area contributed by atoms with Crippen molar-refractivity contribution in [3.63, 3.8) is 0 Å². The zero-order chi connectivity index (χ0) is 24.5. The van der Waals surface area contributed by atoms with Gasteiger partial charge in [-0.3, -0.25) is 19.3 Å². The lowest BCUT2D eigenvalue weighted by molar-refractivity contribution is -0.122. The molecule has 0 aromatic heterocycles. The van der Waals surface area contributed by atoms with Crippen molar-refractivity contribution in [3.05, 3.63) is 83.9 Å². The monoisotopic (exact) mass is 468 g/mol. The van der Waals surface area contributed by atoms with Gasteiger partial charge in [0.15, 0.2) is 0 Å². The molecule has 1 aliphatic carbocycles. The lowest BCUT2D eigenvalue weighted by Crippen LogP contribution is -2.30. The molecule has 35 heavy (non-hydrogen) atoms. The largest absolute Gasteiger partial charge is 0.457 e. The average Bonchev–Trinajstić information content (AvgIpc) is 3.11. The average molecular weight is 469 g/mol. The molecule has 1 heterocycles. The summed E-state index contributed by atoms with van der Waals surface area (Å²) >= 11 is 0. The SMILES string of the molecule is Cc1ccc(Oc2ccc(NC(=O)c3ccc(N4C(=O)C5CCC(C)CC5C4=O)cc3)cc2)cc1. The maximum Gasteiger partial charge on any atom is 0.255 e. The van der Waals surface area contributed by atoms with E-state index in [-0.39, 0.29) is 29.6 Å². The standard InChI is InChI=1S/C29H28N2O4/c1-18-3-12-23(13-4-18)35-24-14-8-21(9-15-24)30-27(32)20-6-10-22(11-7-20)31-28(33)25-16-5-19(2)17-26(25)29(31)34/h3-4,6-15,19,25-26H,5,16-17H2,1-2H3,(H,30,32). The van der Waals surface area contributed by atoms with E-state index in [0.717, 1.165) is 30.6 Å². The number of nitrogens with one attached hydrogen (secondary N) is 1. The van der Waals surface area contributed by atoms with Crippen LogP contribution in [0.2, 0.25) is 0 Å². The Morgan fingerprint density at radius 1 is 0.829 bits per heavy atom. The lowest BCUT2D eigenvalue weighted by Gasteiger charge is -2.25.